The lowest BCUT2D eigenvalue weighted by Crippen LogP contribution is -2.18. The second-order valence-electron chi connectivity index (χ2n) is 4.05. The van der Waals surface area contributed by atoms with Crippen LogP contribution in [0.25, 0.3) is 0 Å². The van der Waals surface area contributed by atoms with E-state index in [1.54, 1.807) is 7.11 Å². The Labute approximate surface area is 101 Å². The first-order chi connectivity index (χ1) is 8.17. The average Bonchev–Trinajstić information content (AvgIpc) is 2.34. The first-order valence-electron chi connectivity index (χ1n) is 5.71. The van der Waals surface area contributed by atoms with Crippen LogP contribution in [0.3, 0.4) is 0 Å². The lowest BCUT2D eigenvalue weighted by atomic mass is 9.96. The van der Waals surface area contributed by atoms with Crippen molar-refractivity contribution in [3.8, 4) is 5.75 Å². The molecule has 0 heterocycles. The van der Waals surface area contributed by atoms with Gasteiger partial charge in [0.25, 0.3) is 0 Å². The van der Waals surface area contributed by atoms with E-state index in [1.807, 2.05) is 24.3 Å². The molecule has 1 aromatic carbocycles. The molecular weight excluding hydrogens is 218 g/mol. The van der Waals surface area contributed by atoms with Gasteiger partial charge >= 0.3 is 5.97 Å². The van der Waals surface area contributed by atoms with Gasteiger partial charge in [-0.1, -0.05) is 18.2 Å². The molecule has 0 saturated heterocycles. The highest BCUT2D eigenvalue weighted by Crippen LogP contribution is 2.21. The molecule has 0 aliphatic heterocycles. The number of aliphatic carboxylic acids is 1. The Morgan fingerprint density at radius 1 is 1.47 bits per heavy atom. The molecule has 94 valence electrons. The van der Waals surface area contributed by atoms with Crippen molar-refractivity contribution in [2.45, 2.75) is 19.3 Å². The zero-order valence-corrected chi connectivity index (χ0v) is 10.1. The highest BCUT2D eigenvalue weighted by molar-refractivity contribution is 5.67. The van der Waals surface area contributed by atoms with E-state index >= 15 is 0 Å². The van der Waals surface area contributed by atoms with Crippen LogP contribution in [0.4, 0.5) is 0 Å². The Hall–Kier alpha value is -1.55. The Morgan fingerprint density at radius 3 is 2.76 bits per heavy atom. The van der Waals surface area contributed by atoms with Crippen molar-refractivity contribution in [2.75, 3.05) is 13.7 Å². The second-order valence-corrected chi connectivity index (χ2v) is 4.05. The van der Waals surface area contributed by atoms with Crippen molar-refractivity contribution in [1.29, 1.82) is 0 Å². The van der Waals surface area contributed by atoms with Crippen LogP contribution in [0.1, 0.15) is 18.4 Å². The number of para-hydroxylation sites is 1. The standard InChI is InChI=1S/C13H19NO3/c1-17-12-5-3-2-4-11(12)7-6-10(9-14)8-13(15)16/h2-5,10H,6-9,14H2,1H3,(H,15,16). The molecule has 0 bridgehead atoms. The number of ether oxygens (including phenoxy) is 1. The zero-order valence-electron chi connectivity index (χ0n) is 10.1. The summed E-state index contributed by atoms with van der Waals surface area (Å²) in [6.07, 6.45) is 1.69. The highest BCUT2D eigenvalue weighted by Gasteiger charge is 2.12. The van der Waals surface area contributed by atoms with Gasteiger partial charge in [-0.3, -0.25) is 4.79 Å². The molecule has 3 N–H and O–H groups in total. The van der Waals surface area contributed by atoms with Gasteiger partial charge in [0.15, 0.2) is 0 Å². The highest BCUT2D eigenvalue weighted by atomic mass is 16.5. The van der Waals surface area contributed by atoms with Gasteiger partial charge in [-0.15, -0.1) is 0 Å². The molecule has 0 amide bonds. The molecule has 1 unspecified atom stereocenters. The Kier molecular flexibility index (Phi) is 5.49. The van der Waals surface area contributed by atoms with Crippen LogP contribution in [0, 0.1) is 5.92 Å². The molecule has 0 spiro atoms. The van der Waals surface area contributed by atoms with Crippen LogP contribution in [0.2, 0.25) is 0 Å². The number of hydrogen-bond donors (Lipinski definition) is 2. The molecule has 0 aliphatic rings. The Morgan fingerprint density at radius 2 is 2.18 bits per heavy atom. The minimum absolute atomic E-state index is 0.0254. The fourth-order valence-electron chi connectivity index (χ4n) is 1.82. The van der Waals surface area contributed by atoms with Gasteiger partial charge in [-0.25, -0.2) is 0 Å². The summed E-state index contributed by atoms with van der Waals surface area (Å²) in [6, 6.07) is 7.77. The number of rotatable bonds is 7. The normalized spacial score (nSPS) is 12.1. The van der Waals surface area contributed by atoms with E-state index in [2.05, 4.69) is 0 Å². The summed E-state index contributed by atoms with van der Waals surface area (Å²) in [4.78, 5) is 10.6. The van der Waals surface area contributed by atoms with E-state index in [4.69, 9.17) is 15.6 Å². The topological polar surface area (TPSA) is 72.5 Å². The van der Waals surface area contributed by atoms with Crippen molar-refractivity contribution in [1.82, 2.24) is 0 Å². The van der Waals surface area contributed by atoms with Gasteiger partial charge < -0.3 is 15.6 Å². The number of aryl methyl sites for hydroxylation is 1. The third-order valence-electron chi connectivity index (χ3n) is 2.81. The lowest BCUT2D eigenvalue weighted by molar-refractivity contribution is -0.138. The molecule has 17 heavy (non-hydrogen) atoms. The molecule has 1 atom stereocenters. The van der Waals surface area contributed by atoms with Crippen molar-refractivity contribution in [2.24, 2.45) is 11.7 Å². The number of hydrogen-bond acceptors (Lipinski definition) is 3. The van der Waals surface area contributed by atoms with Crippen molar-refractivity contribution in [3.63, 3.8) is 0 Å². The maximum Gasteiger partial charge on any atom is 0.303 e. The molecule has 0 saturated carbocycles. The summed E-state index contributed by atoms with van der Waals surface area (Å²) >= 11 is 0. The van der Waals surface area contributed by atoms with Crippen molar-refractivity contribution < 1.29 is 14.6 Å². The summed E-state index contributed by atoms with van der Waals surface area (Å²) in [5, 5.41) is 8.73. The number of carboxylic acid groups (broad SMARTS) is 1. The minimum Gasteiger partial charge on any atom is -0.496 e. The van der Waals surface area contributed by atoms with Crippen LogP contribution < -0.4 is 10.5 Å². The fraction of sp³-hybridized carbons (Fsp3) is 0.462. The quantitative estimate of drug-likeness (QED) is 0.756. The third kappa shape index (κ3) is 4.44. The lowest BCUT2D eigenvalue weighted by Gasteiger charge is -2.13. The maximum atomic E-state index is 10.6. The zero-order chi connectivity index (χ0) is 12.7. The second kappa shape index (κ2) is 6.91. The van der Waals surface area contributed by atoms with E-state index in [0.717, 1.165) is 24.2 Å². The van der Waals surface area contributed by atoms with Gasteiger partial charge in [0, 0.05) is 6.42 Å². The SMILES string of the molecule is COc1ccccc1CCC(CN)CC(=O)O. The van der Waals surface area contributed by atoms with E-state index in [-0.39, 0.29) is 12.3 Å². The average molecular weight is 237 g/mol. The fourth-order valence-corrected chi connectivity index (χ4v) is 1.82. The van der Waals surface area contributed by atoms with Gasteiger partial charge in [-0.2, -0.15) is 0 Å². The number of carboxylic acids is 1. The molecule has 0 fully saturated rings. The van der Waals surface area contributed by atoms with Gasteiger partial charge in [0.2, 0.25) is 0 Å². The molecule has 0 aromatic heterocycles. The molecule has 0 aliphatic carbocycles. The molecule has 4 nitrogen and oxygen atoms in total. The molecular formula is C13H19NO3. The predicted octanol–water partition coefficient (Wildman–Crippen LogP) is 1.68. The van der Waals surface area contributed by atoms with Crippen LogP contribution >= 0.6 is 0 Å². The van der Waals surface area contributed by atoms with Gasteiger partial charge in [0.1, 0.15) is 5.75 Å². The molecule has 4 heteroatoms. The van der Waals surface area contributed by atoms with Gasteiger partial charge in [0.05, 0.1) is 7.11 Å². The van der Waals surface area contributed by atoms with Crippen LogP contribution in [-0.2, 0) is 11.2 Å². The predicted molar refractivity (Wildman–Crippen MR) is 66.1 cm³/mol. The summed E-state index contributed by atoms with van der Waals surface area (Å²) in [5.74, 6) is 0.0801. The Bertz CT molecular complexity index is 365. The summed E-state index contributed by atoms with van der Waals surface area (Å²) in [6.45, 7) is 0.404. The number of methoxy groups -OCH3 is 1. The van der Waals surface area contributed by atoms with Crippen LogP contribution in [0.5, 0.6) is 5.75 Å². The molecule has 1 rings (SSSR count). The third-order valence-corrected chi connectivity index (χ3v) is 2.81. The van der Waals surface area contributed by atoms with E-state index in [0.29, 0.717) is 6.54 Å². The van der Waals surface area contributed by atoms with Crippen molar-refractivity contribution in [3.05, 3.63) is 29.8 Å². The van der Waals surface area contributed by atoms with E-state index < -0.39 is 5.97 Å². The molecule has 0 radical (unpaired) electrons. The summed E-state index contributed by atoms with van der Waals surface area (Å²) in [7, 11) is 1.64. The number of benzene rings is 1. The van der Waals surface area contributed by atoms with Crippen LogP contribution in [-0.4, -0.2) is 24.7 Å². The number of carbonyl (C=O) groups is 1. The summed E-state index contributed by atoms with van der Waals surface area (Å²) in [5.41, 5.74) is 6.66. The van der Waals surface area contributed by atoms with E-state index in [9.17, 15) is 4.79 Å². The van der Waals surface area contributed by atoms with E-state index in [1.165, 1.54) is 0 Å². The maximum absolute atomic E-state index is 10.6. The van der Waals surface area contributed by atoms with Crippen LogP contribution in [0.15, 0.2) is 24.3 Å². The van der Waals surface area contributed by atoms with Gasteiger partial charge in [-0.05, 0) is 36.9 Å². The Balaban J connectivity index is 2.56. The van der Waals surface area contributed by atoms with Crippen molar-refractivity contribution >= 4 is 5.97 Å². The monoisotopic (exact) mass is 237 g/mol. The molecule has 1 aromatic rings. The minimum atomic E-state index is -0.791. The smallest absolute Gasteiger partial charge is 0.303 e. The first kappa shape index (κ1) is 13.5. The number of nitrogens with two attached hydrogens (primary N) is 1. The largest absolute Gasteiger partial charge is 0.496 e. The summed E-state index contributed by atoms with van der Waals surface area (Å²) < 4.78 is 5.24. The first-order valence-corrected chi connectivity index (χ1v) is 5.71.